The third-order valence-electron chi connectivity index (χ3n) is 6.68. The second-order valence-electron chi connectivity index (χ2n) is 8.75. The number of aliphatic hydroxyl groups is 1. The van der Waals surface area contributed by atoms with Gasteiger partial charge in [-0.3, -0.25) is 9.59 Å². The van der Waals surface area contributed by atoms with Crippen molar-refractivity contribution < 1.29 is 36.3 Å². The van der Waals surface area contributed by atoms with E-state index in [1.165, 1.54) is 12.1 Å². The van der Waals surface area contributed by atoms with Gasteiger partial charge in [0.2, 0.25) is 0 Å². The standard InChI is InChI=1S/C23H21ClF3NO5S/c24-17-4-2-12(23(31)28-14-8-18(25)21(27)19(26)9-14)7-20(17)34(32,33)22-11-1-3-16(22)13(10-29)6-15(30)5-11/h2,4,7-9,11,13,16,22,29H,1,3,5-6,10H2,(H,28,31)/t11?,13-,16?,22+/m1/s1. The monoisotopic (exact) mass is 515 g/mol. The lowest BCUT2D eigenvalue weighted by Crippen LogP contribution is -2.34. The lowest BCUT2D eigenvalue weighted by molar-refractivity contribution is -0.121. The number of hydrogen-bond acceptors (Lipinski definition) is 5. The van der Waals surface area contributed by atoms with Gasteiger partial charge in [0.15, 0.2) is 27.3 Å². The highest BCUT2D eigenvalue weighted by molar-refractivity contribution is 7.92. The Morgan fingerprint density at radius 1 is 1.09 bits per heavy atom. The van der Waals surface area contributed by atoms with E-state index in [0.717, 1.165) is 6.07 Å². The molecule has 34 heavy (non-hydrogen) atoms. The van der Waals surface area contributed by atoms with Crippen LogP contribution in [0.5, 0.6) is 0 Å². The number of rotatable bonds is 5. The van der Waals surface area contributed by atoms with Crippen LogP contribution in [-0.2, 0) is 14.6 Å². The van der Waals surface area contributed by atoms with E-state index < -0.39 is 56.2 Å². The van der Waals surface area contributed by atoms with E-state index in [1.807, 2.05) is 0 Å². The van der Waals surface area contributed by atoms with Crippen molar-refractivity contribution in [2.75, 3.05) is 11.9 Å². The van der Waals surface area contributed by atoms with Crippen LogP contribution in [-0.4, -0.2) is 37.1 Å². The molecule has 2 N–H and O–H groups in total. The summed E-state index contributed by atoms with van der Waals surface area (Å²) in [4.78, 5) is 24.6. The number of nitrogens with one attached hydrogen (secondary N) is 1. The van der Waals surface area contributed by atoms with Crippen LogP contribution < -0.4 is 5.32 Å². The fourth-order valence-electron chi connectivity index (χ4n) is 5.15. The molecule has 2 bridgehead atoms. The first-order chi connectivity index (χ1) is 16.0. The predicted molar refractivity (Wildman–Crippen MR) is 118 cm³/mol. The molecule has 182 valence electrons. The molecule has 2 aliphatic rings. The number of carbonyl (C=O) groups is 2. The first-order valence-corrected chi connectivity index (χ1v) is 12.6. The fraction of sp³-hybridized carbons (Fsp3) is 0.391. The van der Waals surface area contributed by atoms with Gasteiger partial charge in [0.05, 0.1) is 15.2 Å². The number of sulfone groups is 1. The van der Waals surface area contributed by atoms with Crippen LogP contribution in [0.2, 0.25) is 5.02 Å². The molecule has 2 aromatic rings. The summed E-state index contributed by atoms with van der Waals surface area (Å²) in [5.41, 5.74) is -0.504. The minimum Gasteiger partial charge on any atom is -0.396 e. The zero-order valence-electron chi connectivity index (χ0n) is 17.7. The predicted octanol–water partition coefficient (Wildman–Crippen LogP) is 4.15. The van der Waals surface area contributed by atoms with Crippen molar-refractivity contribution in [1.29, 1.82) is 0 Å². The Kier molecular flexibility index (Phi) is 6.76. The number of fused-ring (bicyclic) bond motifs is 2. The fourth-order valence-corrected chi connectivity index (χ4v) is 8.07. The smallest absolute Gasteiger partial charge is 0.255 e. The Hall–Kier alpha value is -2.43. The van der Waals surface area contributed by atoms with E-state index in [0.29, 0.717) is 25.0 Å². The Labute approximate surface area is 199 Å². The molecule has 4 atom stereocenters. The molecule has 2 aromatic carbocycles. The van der Waals surface area contributed by atoms with Crippen molar-refractivity contribution >= 4 is 38.8 Å². The van der Waals surface area contributed by atoms with Gasteiger partial charge in [0.25, 0.3) is 5.91 Å². The van der Waals surface area contributed by atoms with Crippen molar-refractivity contribution in [2.24, 2.45) is 17.8 Å². The van der Waals surface area contributed by atoms with Crippen molar-refractivity contribution in [3.05, 3.63) is 58.4 Å². The van der Waals surface area contributed by atoms with Gasteiger partial charge in [-0.1, -0.05) is 11.6 Å². The van der Waals surface area contributed by atoms with Crippen LogP contribution in [0.25, 0.3) is 0 Å². The van der Waals surface area contributed by atoms with Gasteiger partial charge in [0.1, 0.15) is 5.78 Å². The van der Waals surface area contributed by atoms with Crippen LogP contribution in [0, 0.1) is 35.2 Å². The number of anilines is 1. The summed E-state index contributed by atoms with van der Waals surface area (Å²) in [6, 6.07) is 4.73. The van der Waals surface area contributed by atoms with E-state index in [-0.39, 0.29) is 46.4 Å². The molecule has 0 heterocycles. The van der Waals surface area contributed by atoms with Crippen LogP contribution >= 0.6 is 11.6 Å². The molecule has 6 nitrogen and oxygen atoms in total. The summed E-state index contributed by atoms with van der Waals surface area (Å²) in [5.74, 6) is -6.97. The quantitative estimate of drug-likeness (QED) is 0.583. The molecule has 0 aromatic heterocycles. The molecular weight excluding hydrogens is 495 g/mol. The molecule has 0 saturated heterocycles. The summed E-state index contributed by atoms with van der Waals surface area (Å²) >= 11 is 6.21. The average Bonchev–Trinajstić information content (AvgIpc) is 3.12. The Morgan fingerprint density at radius 3 is 2.41 bits per heavy atom. The number of halogens is 4. The molecule has 2 aliphatic carbocycles. The van der Waals surface area contributed by atoms with E-state index in [1.54, 1.807) is 0 Å². The van der Waals surface area contributed by atoms with Gasteiger partial charge in [-0.15, -0.1) is 0 Å². The Morgan fingerprint density at radius 2 is 1.76 bits per heavy atom. The molecule has 4 rings (SSSR count). The number of Topliss-reactive ketones (excluding diaryl/α,β-unsaturated/α-hetero) is 1. The van der Waals surface area contributed by atoms with E-state index in [9.17, 15) is 36.3 Å². The first kappa shape index (κ1) is 24.7. The maximum absolute atomic E-state index is 13.7. The minimum atomic E-state index is -4.11. The zero-order chi connectivity index (χ0) is 24.8. The third kappa shape index (κ3) is 4.46. The normalized spacial score (nSPS) is 24.7. The number of benzene rings is 2. The summed E-state index contributed by atoms with van der Waals surface area (Å²) in [7, 11) is -4.11. The van der Waals surface area contributed by atoms with E-state index in [4.69, 9.17) is 11.6 Å². The van der Waals surface area contributed by atoms with Gasteiger partial charge < -0.3 is 10.4 Å². The van der Waals surface area contributed by atoms with Crippen LogP contribution in [0.4, 0.5) is 18.9 Å². The summed E-state index contributed by atoms with van der Waals surface area (Å²) in [5, 5.41) is 10.9. The van der Waals surface area contributed by atoms with E-state index >= 15 is 0 Å². The largest absolute Gasteiger partial charge is 0.396 e. The molecule has 2 fully saturated rings. The van der Waals surface area contributed by atoms with Gasteiger partial charge in [-0.2, -0.15) is 0 Å². The SMILES string of the molecule is O=C1CC2CCC([C@@H](CO)C1)[C@H]2S(=O)(=O)c1cc(C(=O)Nc2cc(F)c(F)c(F)c2)ccc1Cl. The second-order valence-corrected chi connectivity index (χ2v) is 11.2. The lowest BCUT2D eigenvalue weighted by atomic mass is 9.88. The van der Waals surface area contributed by atoms with Crippen molar-refractivity contribution in [3.8, 4) is 0 Å². The van der Waals surface area contributed by atoms with Crippen molar-refractivity contribution in [1.82, 2.24) is 0 Å². The number of carbonyl (C=O) groups excluding carboxylic acids is 2. The molecular formula is C23H21ClF3NO5S. The summed E-state index contributed by atoms with van der Waals surface area (Å²) in [6.07, 6.45) is 1.28. The molecule has 2 saturated carbocycles. The summed E-state index contributed by atoms with van der Waals surface area (Å²) < 4.78 is 67.5. The Balaban J connectivity index is 1.68. The second kappa shape index (κ2) is 9.31. The van der Waals surface area contributed by atoms with Gasteiger partial charge in [0, 0.05) is 42.8 Å². The first-order valence-electron chi connectivity index (χ1n) is 10.6. The highest BCUT2D eigenvalue weighted by atomic mass is 35.5. The number of hydrogen-bond donors (Lipinski definition) is 2. The average molecular weight is 516 g/mol. The van der Waals surface area contributed by atoms with Crippen molar-refractivity contribution in [3.63, 3.8) is 0 Å². The maximum atomic E-state index is 13.7. The molecule has 2 unspecified atom stereocenters. The lowest BCUT2D eigenvalue weighted by Gasteiger charge is -2.27. The number of ketones is 1. The maximum Gasteiger partial charge on any atom is 0.255 e. The molecule has 1 amide bonds. The molecule has 11 heteroatoms. The number of amides is 1. The van der Waals surface area contributed by atoms with Gasteiger partial charge in [-0.25, -0.2) is 21.6 Å². The van der Waals surface area contributed by atoms with Gasteiger partial charge in [-0.05, 0) is 48.8 Å². The van der Waals surface area contributed by atoms with Crippen LogP contribution in [0.3, 0.4) is 0 Å². The van der Waals surface area contributed by atoms with Crippen molar-refractivity contribution in [2.45, 2.75) is 35.8 Å². The highest BCUT2D eigenvalue weighted by Gasteiger charge is 2.51. The molecule has 0 spiro atoms. The van der Waals surface area contributed by atoms with E-state index in [2.05, 4.69) is 5.32 Å². The molecule has 0 aliphatic heterocycles. The van der Waals surface area contributed by atoms with Crippen LogP contribution in [0.1, 0.15) is 36.0 Å². The Bertz CT molecular complexity index is 1250. The highest BCUT2D eigenvalue weighted by Crippen LogP contribution is 2.48. The number of aliphatic hydroxyl groups excluding tert-OH is 1. The zero-order valence-corrected chi connectivity index (χ0v) is 19.3. The minimum absolute atomic E-state index is 0.0931. The third-order valence-corrected chi connectivity index (χ3v) is 9.52. The van der Waals surface area contributed by atoms with Crippen LogP contribution in [0.15, 0.2) is 35.2 Å². The van der Waals surface area contributed by atoms with Gasteiger partial charge >= 0.3 is 0 Å². The summed E-state index contributed by atoms with van der Waals surface area (Å²) in [6.45, 7) is -0.309. The molecule has 0 radical (unpaired) electrons. The topological polar surface area (TPSA) is 101 Å².